The Kier molecular flexibility index (Phi) is 5.43. The van der Waals surface area contributed by atoms with Crippen LogP contribution in [0.15, 0.2) is 59.3 Å². The number of nitrogens with zero attached hydrogens (tertiary/aromatic N) is 3. The summed E-state index contributed by atoms with van der Waals surface area (Å²) in [5, 5.41) is 0. The first-order chi connectivity index (χ1) is 13.7. The van der Waals surface area contributed by atoms with Crippen LogP contribution in [0.1, 0.15) is 29.2 Å². The Labute approximate surface area is 162 Å². The topological polar surface area (TPSA) is 68.5 Å². The summed E-state index contributed by atoms with van der Waals surface area (Å²) in [6.07, 6.45) is 4.91. The molecule has 0 N–H and O–H groups in total. The molecule has 3 heterocycles. The zero-order chi connectivity index (χ0) is 19.3. The fraction of sp³-hybridized carbons (Fsp3) is 0.286. The molecule has 1 aromatic carbocycles. The normalized spacial score (nSPS) is 17.4. The molecule has 1 fully saturated rings. The van der Waals surface area contributed by atoms with Crippen LogP contribution < -0.4 is 0 Å². The van der Waals surface area contributed by atoms with Crippen molar-refractivity contribution >= 4 is 5.97 Å². The number of esters is 1. The summed E-state index contributed by atoms with van der Waals surface area (Å²) in [4.78, 5) is 23.1. The third-order valence-electron chi connectivity index (χ3n) is 4.67. The van der Waals surface area contributed by atoms with E-state index in [1.54, 1.807) is 42.7 Å². The maximum atomic E-state index is 13.9. The lowest BCUT2D eigenvalue weighted by Gasteiger charge is -2.31. The highest BCUT2D eigenvalue weighted by molar-refractivity contribution is 5.87. The summed E-state index contributed by atoms with van der Waals surface area (Å²) in [6, 6.07) is 11.1. The number of benzene rings is 1. The van der Waals surface area contributed by atoms with Gasteiger partial charge in [0.05, 0.1) is 12.1 Å². The number of furan rings is 1. The molecule has 1 aliphatic heterocycles. The molecule has 1 atom stereocenters. The molecule has 28 heavy (non-hydrogen) atoms. The van der Waals surface area contributed by atoms with Gasteiger partial charge < -0.3 is 9.15 Å². The van der Waals surface area contributed by atoms with Gasteiger partial charge in [0.1, 0.15) is 23.5 Å². The molecule has 0 saturated carbocycles. The molecule has 144 valence electrons. The SMILES string of the molecule is O=C(O[C@@H]1CCCN(Cc2ncccn2)C1)c1ccc(-c2ccccc2F)o1. The number of aromatic nitrogens is 2. The van der Waals surface area contributed by atoms with Crippen LogP contribution in [-0.2, 0) is 11.3 Å². The Balaban J connectivity index is 1.38. The molecule has 4 rings (SSSR count). The number of halogens is 1. The van der Waals surface area contributed by atoms with Crippen molar-refractivity contribution in [3.8, 4) is 11.3 Å². The number of ether oxygens (including phenoxy) is 1. The number of likely N-dealkylation sites (tertiary alicyclic amines) is 1. The zero-order valence-electron chi connectivity index (χ0n) is 15.3. The third kappa shape index (κ3) is 4.26. The second-order valence-electron chi connectivity index (χ2n) is 6.71. The maximum Gasteiger partial charge on any atom is 0.374 e. The summed E-state index contributed by atoms with van der Waals surface area (Å²) in [5.74, 6) is 0.182. The first-order valence-corrected chi connectivity index (χ1v) is 9.23. The summed E-state index contributed by atoms with van der Waals surface area (Å²) in [7, 11) is 0. The molecule has 0 aliphatic carbocycles. The van der Waals surface area contributed by atoms with Crippen LogP contribution in [0.5, 0.6) is 0 Å². The highest BCUT2D eigenvalue weighted by atomic mass is 19.1. The molecule has 0 amide bonds. The minimum atomic E-state index is -0.537. The summed E-state index contributed by atoms with van der Waals surface area (Å²) in [6.45, 7) is 2.14. The van der Waals surface area contributed by atoms with E-state index in [1.807, 2.05) is 0 Å². The Morgan fingerprint density at radius 3 is 2.82 bits per heavy atom. The van der Waals surface area contributed by atoms with E-state index in [9.17, 15) is 9.18 Å². The first-order valence-electron chi connectivity index (χ1n) is 9.23. The van der Waals surface area contributed by atoms with Gasteiger partial charge in [0.2, 0.25) is 5.76 Å². The van der Waals surface area contributed by atoms with E-state index in [2.05, 4.69) is 14.9 Å². The molecule has 3 aromatic rings. The van der Waals surface area contributed by atoms with E-state index >= 15 is 0 Å². The standard InChI is InChI=1S/C21H20FN3O3/c22-17-7-2-1-6-16(17)18-8-9-19(28-18)21(26)27-15-5-3-12-25(13-15)14-20-23-10-4-11-24-20/h1-2,4,6-11,15H,3,5,12-14H2/t15-/m1/s1. The highest BCUT2D eigenvalue weighted by Crippen LogP contribution is 2.25. The smallest absolute Gasteiger partial charge is 0.374 e. The number of carbonyl (C=O) groups is 1. The molecule has 6 nitrogen and oxygen atoms in total. The molecular formula is C21H20FN3O3. The quantitative estimate of drug-likeness (QED) is 0.628. The lowest BCUT2D eigenvalue weighted by Crippen LogP contribution is -2.40. The van der Waals surface area contributed by atoms with Gasteiger partial charge in [-0.15, -0.1) is 0 Å². The largest absolute Gasteiger partial charge is 0.455 e. The Morgan fingerprint density at radius 1 is 1.18 bits per heavy atom. The molecule has 1 aliphatic rings. The van der Waals surface area contributed by atoms with E-state index in [1.165, 1.54) is 12.1 Å². The molecular weight excluding hydrogens is 361 g/mol. The number of hydrogen-bond donors (Lipinski definition) is 0. The van der Waals surface area contributed by atoms with E-state index in [4.69, 9.17) is 9.15 Å². The van der Waals surface area contributed by atoms with Gasteiger partial charge in [-0.2, -0.15) is 0 Å². The molecule has 0 radical (unpaired) electrons. The van der Waals surface area contributed by atoms with Crippen LogP contribution in [0.2, 0.25) is 0 Å². The fourth-order valence-electron chi connectivity index (χ4n) is 3.33. The predicted octanol–water partition coefficient (Wildman–Crippen LogP) is 3.70. The van der Waals surface area contributed by atoms with Gasteiger partial charge >= 0.3 is 5.97 Å². The Hall–Kier alpha value is -3.06. The predicted molar refractivity (Wildman–Crippen MR) is 99.8 cm³/mol. The second-order valence-corrected chi connectivity index (χ2v) is 6.71. The minimum Gasteiger partial charge on any atom is -0.455 e. The van der Waals surface area contributed by atoms with Gasteiger partial charge in [-0.3, -0.25) is 4.90 Å². The van der Waals surface area contributed by atoms with Crippen LogP contribution in [0, 0.1) is 5.82 Å². The van der Waals surface area contributed by atoms with Crippen molar-refractivity contribution in [2.24, 2.45) is 0 Å². The second kappa shape index (κ2) is 8.31. The van der Waals surface area contributed by atoms with E-state index in [0.717, 1.165) is 25.2 Å². The van der Waals surface area contributed by atoms with Gasteiger partial charge in [0, 0.05) is 18.9 Å². The van der Waals surface area contributed by atoms with E-state index in [-0.39, 0.29) is 11.9 Å². The number of carbonyl (C=O) groups excluding carboxylic acids is 1. The van der Waals surface area contributed by atoms with Gasteiger partial charge in [-0.05, 0) is 49.7 Å². The lowest BCUT2D eigenvalue weighted by atomic mass is 10.1. The highest BCUT2D eigenvalue weighted by Gasteiger charge is 2.25. The van der Waals surface area contributed by atoms with Gasteiger partial charge in [0.15, 0.2) is 0 Å². The van der Waals surface area contributed by atoms with Crippen LogP contribution in [0.25, 0.3) is 11.3 Å². The van der Waals surface area contributed by atoms with Gasteiger partial charge in [-0.1, -0.05) is 12.1 Å². The van der Waals surface area contributed by atoms with Crippen LogP contribution in [0.4, 0.5) is 4.39 Å². The van der Waals surface area contributed by atoms with Crippen molar-refractivity contribution in [1.29, 1.82) is 0 Å². The van der Waals surface area contributed by atoms with Crippen molar-refractivity contribution in [3.63, 3.8) is 0 Å². The minimum absolute atomic E-state index is 0.0711. The molecule has 1 saturated heterocycles. The molecule has 0 bridgehead atoms. The average Bonchev–Trinajstić information content (AvgIpc) is 3.20. The Bertz CT molecular complexity index is 945. The van der Waals surface area contributed by atoms with Gasteiger partial charge in [-0.25, -0.2) is 19.2 Å². The molecule has 2 aromatic heterocycles. The van der Waals surface area contributed by atoms with E-state index < -0.39 is 11.8 Å². The number of piperidine rings is 1. The molecule has 0 unspecified atom stereocenters. The van der Waals surface area contributed by atoms with Crippen molar-refractivity contribution in [2.75, 3.05) is 13.1 Å². The first kappa shape index (κ1) is 18.3. The van der Waals surface area contributed by atoms with Crippen molar-refractivity contribution in [1.82, 2.24) is 14.9 Å². The zero-order valence-corrected chi connectivity index (χ0v) is 15.3. The van der Waals surface area contributed by atoms with Gasteiger partial charge in [0.25, 0.3) is 0 Å². The monoisotopic (exact) mass is 381 g/mol. The average molecular weight is 381 g/mol. The summed E-state index contributed by atoms with van der Waals surface area (Å²) in [5.41, 5.74) is 0.313. The third-order valence-corrected chi connectivity index (χ3v) is 4.67. The van der Waals surface area contributed by atoms with Crippen molar-refractivity contribution in [2.45, 2.75) is 25.5 Å². The molecule has 0 spiro atoms. The van der Waals surface area contributed by atoms with Crippen molar-refractivity contribution < 1.29 is 18.3 Å². The lowest BCUT2D eigenvalue weighted by molar-refractivity contribution is 0.00244. The van der Waals surface area contributed by atoms with Crippen LogP contribution in [0.3, 0.4) is 0 Å². The van der Waals surface area contributed by atoms with E-state index in [0.29, 0.717) is 24.4 Å². The number of hydrogen-bond acceptors (Lipinski definition) is 6. The summed E-state index contributed by atoms with van der Waals surface area (Å²) < 4.78 is 25.0. The molecule has 7 heteroatoms. The van der Waals surface area contributed by atoms with Crippen molar-refractivity contribution in [3.05, 3.63) is 72.3 Å². The number of rotatable bonds is 5. The fourth-order valence-corrected chi connectivity index (χ4v) is 3.33. The summed E-state index contributed by atoms with van der Waals surface area (Å²) >= 11 is 0. The maximum absolute atomic E-state index is 13.9. The Morgan fingerprint density at radius 2 is 2.00 bits per heavy atom. The van der Waals surface area contributed by atoms with Crippen LogP contribution >= 0.6 is 0 Å². The van der Waals surface area contributed by atoms with Crippen LogP contribution in [-0.4, -0.2) is 40.0 Å².